The molecule has 0 saturated heterocycles. The van der Waals surface area contributed by atoms with Gasteiger partial charge >= 0.3 is 0 Å². The molecule has 0 aliphatic rings. The number of halogens is 3. The van der Waals surface area contributed by atoms with Crippen molar-refractivity contribution in [2.45, 2.75) is 20.4 Å². The van der Waals surface area contributed by atoms with Gasteiger partial charge in [0.2, 0.25) is 0 Å². The Morgan fingerprint density at radius 2 is 1.79 bits per heavy atom. The summed E-state index contributed by atoms with van der Waals surface area (Å²) in [6, 6.07) is 8.38. The van der Waals surface area contributed by atoms with Crippen LogP contribution in [0.4, 0.5) is 14.5 Å². The number of benzene rings is 2. The molecule has 0 amide bonds. The molecule has 100 valence electrons. The number of hydrogen-bond acceptors (Lipinski definition) is 1. The van der Waals surface area contributed by atoms with Gasteiger partial charge in [0.05, 0.1) is 10.2 Å². The third kappa shape index (κ3) is 3.32. The molecule has 4 heteroatoms. The molecule has 0 unspecified atom stereocenters. The molecule has 0 aromatic heterocycles. The Kier molecular flexibility index (Phi) is 4.20. The molecule has 0 fully saturated rings. The molecule has 1 N–H and O–H groups in total. The van der Waals surface area contributed by atoms with Crippen molar-refractivity contribution >= 4 is 21.6 Å². The summed E-state index contributed by atoms with van der Waals surface area (Å²) in [4.78, 5) is 0. The van der Waals surface area contributed by atoms with Gasteiger partial charge in [0, 0.05) is 12.6 Å². The average Bonchev–Trinajstić information content (AvgIpc) is 2.34. The lowest BCUT2D eigenvalue weighted by Gasteiger charge is -2.11. The second-order valence-corrected chi connectivity index (χ2v) is 5.38. The van der Waals surface area contributed by atoms with Crippen LogP contribution in [-0.2, 0) is 6.54 Å². The fourth-order valence-corrected chi connectivity index (χ4v) is 2.24. The number of nitrogens with one attached hydrogen (secondary N) is 1. The van der Waals surface area contributed by atoms with E-state index in [1.807, 2.05) is 26.0 Å². The normalized spacial score (nSPS) is 10.6. The van der Waals surface area contributed by atoms with Crippen molar-refractivity contribution in [1.29, 1.82) is 0 Å². The first-order chi connectivity index (χ1) is 8.97. The lowest BCUT2D eigenvalue weighted by molar-refractivity contribution is 0.580. The molecule has 0 bridgehead atoms. The van der Waals surface area contributed by atoms with E-state index in [-0.39, 0.29) is 10.2 Å². The van der Waals surface area contributed by atoms with Crippen LogP contribution < -0.4 is 5.32 Å². The predicted molar refractivity (Wildman–Crippen MR) is 77.3 cm³/mol. The molecule has 2 aromatic carbocycles. The topological polar surface area (TPSA) is 12.0 Å². The second kappa shape index (κ2) is 5.70. The van der Waals surface area contributed by atoms with Crippen molar-refractivity contribution in [3.8, 4) is 0 Å². The van der Waals surface area contributed by atoms with E-state index >= 15 is 0 Å². The third-order valence-corrected chi connectivity index (χ3v) is 3.59. The molecule has 1 nitrogen and oxygen atoms in total. The highest BCUT2D eigenvalue weighted by molar-refractivity contribution is 9.10. The van der Waals surface area contributed by atoms with E-state index in [1.165, 1.54) is 11.6 Å². The van der Waals surface area contributed by atoms with Crippen LogP contribution in [0.1, 0.15) is 16.7 Å². The minimum Gasteiger partial charge on any atom is -0.379 e. The summed E-state index contributed by atoms with van der Waals surface area (Å²) in [5, 5.41) is 2.99. The fourth-order valence-electron chi connectivity index (χ4n) is 1.89. The highest BCUT2D eigenvalue weighted by Crippen LogP contribution is 2.24. The van der Waals surface area contributed by atoms with E-state index in [1.54, 1.807) is 0 Å². The molecule has 0 saturated carbocycles. The molecule has 0 aliphatic carbocycles. The van der Waals surface area contributed by atoms with Crippen LogP contribution in [0.3, 0.4) is 0 Å². The standard InChI is InChI=1S/C15H14BrF2N/c1-9-3-4-11(10(2)5-9)8-19-15-6-12(16)13(17)7-14(15)18/h3-7,19H,8H2,1-2H3. The molecule has 0 radical (unpaired) electrons. The monoisotopic (exact) mass is 325 g/mol. The maximum Gasteiger partial charge on any atom is 0.149 e. The SMILES string of the molecule is Cc1ccc(CNc2cc(Br)c(F)cc2F)c(C)c1. The summed E-state index contributed by atoms with van der Waals surface area (Å²) in [5.41, 5.74) is 3.71. The van der Waals surface area contributed by atoms with E-state index < -0.39 is 11.6 Å². The molecular weight excluding hydrogens is 312 g/mol. The van der Waals surface area contributed by atoms with Crippen LogP contribution >= 0.6 is 15.9 Å². The zero-order valence-electron chi connectivity index (χ0n) is 10.7. The van der Waals surface area contributed by atoms with Gasteiger partial charge in [0.15, 0.2) is 0 Å². The van der Waals surface area contributed by atoms with E-state index in [0.29, 0.717) is 6.54 Å². The summed E-state index contributed by atoms with van der Waals surface area (Å²) >= 11 is 3.05. The smallest absolute Gasteiger partial charge is 0.149 e. The summed E-state index contributed by atoms with van der Waals surface area (Å²) < 4.78 is 26.9. The molecule has 0 aliphatic heterocycles. The highest BCUT2D eigenvalue weighted by Gasteiger charge is 2.08. The first kappa shape index (κ1) is 14.0. The first-order valence-corrected chi connectivity index (χ1v) is 6.71. The van der Waals surface area contributed by atoms with E-state index in [0.717, 1.165) is 17.2 Å². The quantitative estimate of drug-likeness (QED) is 0.787. The summed E-state index contributed by atoms with van der Waals surface area (Å²) in [6.45, 7) is 4.54. The zero-order valence-corrected chi connectivity index (χ0v) is 12.3. The van der Waals surface area contributed by atoms with Gasteiger partial charge < -0.3 is 5.32 Å². The zero-order chi connectivity index (χ0) is 14.0. The summed E-state index contributed by atoms with van der Waals surface area (Å²) in [7, 11) is 0. The van der Waals surface area contributed by atoms with E-state index in [2.05, 4.69) is 27.3 Å². The van der Waals surface area contributed by atoms with Crippen molar-refractivity contribution in [3.63, 3.8) is 0 Å². The first-order valence-electron chi connectivity index (χ1n) is 5.92. The summed E-state index contributed by atoms with van der Waals surface area (Å²) in [5.74, 6) is -1.19. The Hall–Kier alpha value is -1.42. The Bertz CT molecular complexity index is 611. The van der Waals surface area contributed by atoms with Gasteiger partial charge in [-0.2, -0.15) is 0 Å². The average molecular weight is 326 g/mol. The maximum atomic E-state index is 13.6. The van der Waals surface area contributed by atoms with E-state index in [9.17, 15) is 8.78 Å². The Balaban J connectivity index is 2.16. The maximum absolute atomic E-state index is 13.6. The third-order valence-electron chi connectivity index (χ3n) is 2.98. The number of rotatable bonds is 3. The minimum atomic E-state index is -0.602. The molecule has 0 spiro atoms. The number of hydrogen-bond donors (Lipinski definition) is 1. The lowest BCUT2D eigenvalue weighted by atomic mass is 10.1. The van der Waals surface area contributed by atoms with Gasteiger partial charge in [-0.3, -0.25) is 0 Å². The van der Waals surface area contributed by atoms with Crippen molar-refractivity contribution < 1.29 is 8.78 Å². The highest BCUT2D eigenvalue weighted by atomic mass is 79.9. The number of aryl methyl sites for hydroxylation is 2. The minimum absolute atomic E-state index is 0.247. The molecule has 0 heterocycles. The van der Waals surface area contributed by atoms with Crippen molar-refractivity contribution in [1.82, 2.24) is 0 Å². The predicted octanol–water partition coefficient (Wildman–Crippen LogP) is 4.96. The van der Waals surface area contributed by atoms with Gasteiger partial charge in [0.1, 0.15) is 11.6 Å². The van der Waals surface area contributed by atoms with Crippen LogP contribution in [0.15, 0.2) is 34.8 Å². The molecular formula is C15H14BrF2N. The van der Waals surface area contributed by atoms with Crippen LogP contribution in [0.2, 0.25) is 0 Å². The Morgan fingerprint density at radius 1 is 1.05 bits per heavy atom. The van der Waals surface area contributed by atoms with E-state index in [4.69, 9.17) is 0 Å². The van der Waals surface area contributed by atoms with Gasteiger partial charge in [-0.1, -0.05) is 23.8 Å². The van der Waals surface area contributed by atoms with Crippen LogP contribution in [-0.4, -0.2) is 0 Å². The van der Waals surface area contributed by atoms with Crippen molar-refractivity contribution in [2.24, 2.45) is 0 Å². The second-order valence-electron chi connectivity index (χ2n) is 4.53. The molecule has 19 heavy (non-hydrogen) atoms. The number of anilines is 1. The Labute approximate surface area is 119 Å². The molecule has 2 rings (SSSR count). The summed E-state index contributed by atoms with van der Waals surface area (Å²) in [6.07, 6.45) is 0. The molecule has 0 atom stereocenters. The lowest BCUT2D eigenvalue weighted by Crippen LogP contribution is -2.03. The van der Waals surface area contributed by atoms with Gasteiger partial charge in [-0.25, -0.2) is 8.78 Å². The van der Waals surface area contributed by atoms with Crippen LogP contribution in [0, 0.1) is 25.5 Å². The van der Waals surface area contributed by atoms with Crippen LogP contribution in [0.25, 0.3) is 0 Å². The molecule has 2 aromatic rings. The van der Waals surface area contributed by atoms with Crippen molar-refractivity contribution in [2.75, 3.05) is 5.32 Å². The Morgan fingerprint density at radius 3 is 2.47 bits per heavy atom. The van der Waals surface area contributed by atoms with Crippen molar-refractivity contribution in [3.05, 3.63) is 63.1 Å². The van der Waals surface area contributed by atoms with Gasteiger partial charge in [-0.15, -0.1) is 0 Å². The fraction of sp³-hybridized carbons (Fsp3) is 0.200. The van der Waals surface area contributed by atoms with Gasteiger partial charge in [0.25, 0.3) is 0 Å². The van der Waals surface area contributed by atoms with Crippen LogP contribution in [0.5, 0.6) is 0 Å². The van der Waals surface area contributed by atoms with Gasteiger partial charge in [-0.05, 0) is 47.0 Å². The largest absolute Gasteiger partial charge is 0.379 e.